The average molecular weight is 364 g/mol. The van der Waals surface area contributed by atoms with E-state index < -0.39 is 10.0 Å². The van der Waals surface area contributed by atoms with Gasteiger partial charge in [-0.25, -0.2) is 12.8 Å². The number of hydrogen-bond acceptors (Lipinski definition) is 3. The van der Waals surface area contributed by atoms with Crippen molar-refractivity contribution in [3.8, 4) is 0 Å². The zero-order chi connectivity index (χ0) is 18.6. The molecule has 2 aromatic rings. The number of halogens is 1. The van der Waals surface area contributed by atoms with E-state index in [2.05, 4.69) is 5.32 Å². The predicted molar refractivity (Wildman–Crippen MR) is 96.6 cm³/mol. The fourth-order valence-corrected chi connectivity index (χ4v) is 3.12. The monoisotopic (exact) mass is 364 g/mol. The maximum Gasteiger partial charge on any atom is 0.251 e. The molecule has 25 heavy (non-hydrogen) atoms. The van der Waals surface area contributed by atoms with Gasteiger partial charge in [0.25, 0.3) is 5.91 Å². The van der Waals surface area contributed by atoms with E-state index in [-0.39, 0.29) is 23.5 Å². The van der Waals surface area contributed by atoms with E-state index in [9.17, 15) is 17.6 Å². The Morgan fingerprint density at radius 1 is 1.12 bits per heavy atom. The molecule has 2 rings (SSSR count). The molecule has 0 spiro atoms. The number of nitrogens with zero attached hydrogens (tertiary/aromatic N) is 1. The highest BCUT2D eigenvalue weighted by molar-refractivity contribution is 7.92. The van der Waals surface area contributed by atoms with Gasteiger partial charge in [-0.3, -0.25) is 9.10 Å². The van der Waals surface area contributed by atoms with Gasteiger partial charge in [0.1, 0.15) is 5.82 Å². The average Bonchev–Trinajstić information content (AvgIpc) is 2.61. The maximum absolute atomic E-state index is 13.0. The molecule has 134 valence electrons. The van der Waals surface area contributed by atoms with Crippen LogP contribution in [0.15, 0.2) is 48.5 Å². The summed E-state index contributed by atoms with van der Waals surface area (Å²) in [5.74, 6) is -0.616. The third-order valence-corrected chi connectivity index (χ3v) is 5.77. The van der Waals surface area contributed by atoms with Crippen LogP contribution < -0.4 is 9.62 Å². The molecule has 2 aromatic carbocycles. The summed E-state index contributed by atoms with van der Waals surface area (Å²) in [6.45, 7) is 3.38. The van der Waals surface area contributed by atoms with Crippen LogP contribution in [-0.2, 0) is 10.0 Å². The van der Waals surface area contributed by atoms with Crippen molar-refractivity contribution in [2.45, 2.75) is 19.9 Å². The van der Waals surface area contributed by atoms with Crippen LogP contribution in [0.3, 0.4) is 0 Å². The van der Waals surface area contributed by atoms with E-state index in [0.717, 1.165) is 5.56 Å². The summed E-state index contributed by atoms with van der Waals surface area (Å²) in [7, 11) is -1.86. The normalized spacial score (nSPS) is 12.5. The van der Waals surface area contributed by atoms with Gasteiger partial charge in [0.05, 0.1) is 17.5 Å². The molecule has 1 atom stereocenters. The van der Waals surface area contributed by atoms with Crippen molar-refractivity contribution < 1.29 is 17.6 Å². The zero-order valence-electron chi connectivity index (χ0n) is 14.4. The molecule has 1 amide bonds. The minimum absolute atomic E-state index is 0.000915. The van der Waals surface area contributed by atoms with Crippen molar-refractivity contribution in [1.29, 1.82) is 0 Å². The van der Waals surface area contributed by atoms with Gasteiger partial charge in [-0.15, -0.1) is 0 Å². The zero-order valence-corrected chi connectivity index (χ0v) is 15.2. The summed E-state index contributed by atoms with van der Waals surface area (Å²) in [4.78, 5) is 12.3. The molecule has 0 saturated heterocycles. The fourth-order valence-electron chi connectivity index (χ4n) is 2.29. The van der Waals surface area contributed by atoms with E-state index in [1.54, 1.807) is 50.2 Å². The smallest absolute Gasteiger partial charge is 0.251 e. The van der Waals surface area contributed by atoms with Crippen LogP contribution in [0.4, 0.5) is 10.1 Å². The first-order chi connectivity index (χ1) is 11.7. The minimum Gasteiger partial charge on any atom is -0.346 e. The van der Waals surface area contributed by atoms with Gasteiger partial charge in [0.2, 0.25) is 10.0 Å². The minimum atomic E-state index is -3.34. The van der Waals surface area contributed by atoms with Crippen molar-refractivity contribution in [2.24, 2.45) is 0 Å². The summed E-state index contributed by atoms with van der Waals surface area (Å²) < 4.78 is 37.9. The Kier molecular flexibility index (Phi) is 5.79. The van der Waals surface area contributed by atoms with E-state index >= 15 is 0 Å². The van der Waals surface area contributed by atoms with Crippen LogP contribution >= 0.6 is 0 Å². The third kappa shape index (κ3) is 4.57. The lowest BCUT2D eigenvalue weighted by molar-refractivity contribution is 0.0940. The maximum atomic E-state index is 13.0. The van der Waals surface area contributed by atoms with Crippen molar-refractivity contribution in [3.63, 3.8) is 0 Å². The first-order valence-electron chi connectivity index (χ1n) is 7.87. The summed E-state index contributed by atoms with van der Waals surface area (Å²) in [6.07, 6.45) is 0. The van der Waals surface area contributed by atoms with Crippen molar-refractivity contribution in [3.05, 3.63) is 65.5 Å². The number of anilines is 1. The van der Waals surface area contributed by atoms with E-state index in [1.165, 1.54) is 23.5 Å². The molecule has 0 heterocycles. The van der Waals surface area contributed by atoms with E-state index in [0.29, 0.717) is 11.3 Å². The Morgan fingerprint density at radius 2 is 1.68 bits per heavy atom. The second-order valence-electron chi connectivity index (χ2n) is 5.66. The van der Waals surface area contributed by atoms with Crippen LogP contribution in [0.2, 0.25) is 0 Å². The Balaban J connectivity index is 2.09. The van der Waals surface area contributed by atoms with Gasteiger partial charge in [-0.1, -0.05) is 12.1 Å². The van der Waals surface area contributed by atoms with Gasteiger partial charge >= 0.3 is 0 Å². The Labute approximate surface area is 147 Å². The molecule has 0 fully saturated rings. The molecule has 0 aliphatic heterocycles. The van der Waals surface area contributed by atoms with Crippen molar-refractivity contribution in [1.82, 2.24) is 5.32 Å². The summed E-state index contributed by atoms with van der Waals surface area (Å²) >= 11 is 0. The highest BCUT2D eigenvalue weighted by Crippen LogP contribution is 2.18. The molecule has 0 aliphatic rings. The predicted octanol–water partition coefficient (Wildman–Crippen LogP) is 3.10. The number of hydrogen-bond donors (Lipinski definition) is 1. The highest BCUT2D eigenvalue weighted by Gasteiger charge is 2.17. The van der Waals surface area contributed by atoms with Gasteiger partial charge in [0.15, 0.2) is 0 Å². The highest BCUT2D eigenvalue weighted by atomic mass is 32.2. The van der Waals surface area contributed by atoms with Crippen LogP contribution in [0.5, 0.6) is 0 Å². The fraction of sp³-hybridized carbons (Fsp3) is 0.278. The van der Waals surface area contributed by atoms with Crippen molar-refractivity contribution >= 4 is 21.6 Å². The number of nitrogens with one attached hydrogen (secondary N) is 1. The van der Waals surface area contributed by atoms with Gasteiger partial charge in [-0.05, 0) is 55.8 Å². The second kappa shape index (κ2) is 7.65. The molecule has 0 aromatic heterocycles. The molecule has 0 saturated carbocycles. The Hall–Kier alpha value is -2.41. The van der Waals surface area contributed by atoms with Crippen LogP contribution in [0.25, 0.3) is 0 Å². The molecule has 0 bridgehead atoms. The number of carbonyl (C=O) groups is 1. The SMILES string of the molecule is CCS(=O)(=O)N(C)c1ccc(C(=O)N[C@@H](C)c2ccc(F)cc2)cc1. The quantitative estimate of drug-likeness (QED) is 0.856. The number of sulfonamides is 1. The first-order valence-corrected chi connectivity index (χ1v) is 9.48. The van der Waals surface area contributed by atoms with Crippen molar-refractivity contribution in [2.75, 3.05) is 17.1 Å². The van der Waals surface area contributed by atoms with Crippen LogP contribution in [0.1, 0.15) is 35.8 Å². The van der Waals surface area contributed by atoms with Gasteiger partial charge < -0.3 is 5.32 Å². The lowest BCUT2D eigenvalue weighted by Crippen LogP contribution is -2.28. The number of amides is 1. The second-order valence-corrected chi connectivity index (χ2v) is 7.95. The third-order valence-electron chi connectivity index (χ3n) is 3.99. The largest absolute Gasteiger partial charge is 0.346 e. The topological polar surface area (TPSA) is 66.5 Å². The molecular formula is C18H21FN2O3S. The van der Waals surface area contributed by atoms with Crippen LogP contribution in [-0.4, -0.2) is 27.1 Å². The summed E-state index contributed by atoms with van der Waals surface area (Å²) in [6, 6.07) is 12.0. The summed E-state index contributed by atoms with van der Waals surface area (Å²) in [5, 5.41) is 2.83. The first kappa shape index (κ1) is 18.9. The number of carbonyl (C=O) groups excluding carboxylic acids is 1. The lowest BCUT2D eigenvalue weighted by Gasteiger charge is -2.19. The van der Waals surface area contributed by atoms with Crippen LogP contribution in [0, 0.1) is 5.82 Å². The lowest BCUT2D eigenvalue weighted by atomic mass is 10.1. The van der Waals surface area contributed by atoms with E-state index in [1.807, 2.05) is 0 Å². The molecule has 7 heteroatoms. The number of rotatable bonds is 6. The molecule has 1 N–H and O–H groups in total. The Morgan fingerprint density at radius 3 is 2.20 bits per heavy atom. The molecule has 0 aliphatic carbocycles. The van der Waals surface area contributed by atoms with Gasteiger partial charge in [0, 0.05) is 12.6 Å². The Bertz CT molecular complexity index is 834. The van der Waals surface area contributed by atoms with Gasteiger partial charge in [-0.2, -0.15) is 0 Å². The molecule has 5 nitrogen and oxygen atoms in total. The molecule has 0 radical (unpaired) electrons. The number of benzene rings is 2. The van der Waals surface area contributed by atoms with E-state index in [4.69, 9.17) is 0 Å². The molecular weight excluding hydrogens is 343 g/mol. The molecule has 0 unspecified atom stereocenters. The summed E-state index contributed by atoms with van der Waals surface area (Å²) in [5.41, 5.74) is 1.70. The standard InChI is InChI=1S/C18H21FN2O3S/c1-4-25(23,24)21(3)17-11-7-15(8-12-17)18(22)20-13(2)14-5-9-16(19)10-6-14/h5-13H,4H2,1-3H3,(H,20,22)/t13-/m0/s1.